The molecule has 8 nitrogen and oxygen atoms in total. The summed E-state index contributed by atoms with van der Waals surface area (Å²) in [6.07, 6.45) is 19.3. The van der Waals surface area contributed by atoms with Crippen molar-refractivity contribution in [2.75, 3.05) is 34.3 Å². The molecule has 3 N–H and O–H groups in total. The quantitative estimate of drug-likeness (QED) is 0.0798. The van der Waals surface area contributed by atoms with Crippen LogP contribution in [0.4, 0.5) is 0 Å². The summed E-state index contributed by atoms with van der Waals surface area (Å²) in [4.78, 5) is 10.6. The summed E-state index contributed by atoms with van der Waals surface area (Å²) in [7, 11) is 2.21. The van der Waals surface area contributed by atoms with Crippen LogP contribution in [-0.2, 0) is 19.4 Å². The maximum Gasteiger partial charge on any atom is 0.217 e. The second-order valence-electron chi connectivity index (χ2n) is 9.81. The minimum absolute atomic E-state index is 0.0914. The molecule has 0 saturated heterocycles. The fourth-order valence-corrected chi connectivity index (χ4v) is 3.49. The maximum atomic E-state index is 10.6. The van der Waals surface area contributed by atoms with Gasteiger partial charge in [0.15, 0.2) is 0 Å². The molecule has 35 heavy (non-hydrogen) atoms. The molecule has 0 spiro atoms. The standard InChI is InChI=1S/C18H35NO2.C6H16N.C2H6O4S/c1-2-3-4-11-14-17(20)15-12-9-7-5-6-8-10-13-16-18(19)21;1-5-6-7(2,3)4;1-2-6-7(3,4)5/h9,12,17,20H,2-8,10-11,13-16H2,1H3,(H2,19,21);5-6H2,1-4H3;2H2,1H3,(H,3,4,5)/q;+1;/p-1/b12-9-;;. The van der Waals surface area contributed by atoms with Crippen molar-refractivity contribution in [2.45, 2.75) is 117 Å². The SMILES string of the molecule is CCCCCCC(O)C/C=C\CCCCCCCC(N)=O.CCC[N+](C)(C)C.CCOS(=O)(=O)[O-]. The number of hydrogen-bond acceptors (Lipinski definition) is 6. The summed E-state index contributed by atoms with van der Waals surface area (Å²) in [5.74, 6) is -0.189. The first-order chi connectivity index (χ1) is 16.3. The van der Waals surface area contributed by atoms with Gasteiger partial charge in [0.05, 0.1) is 40.4 Å². The van der Waals surface area contributed by atoms with Gasteiger partial charge in [-0.3, -0.25) is 8.98 Å². The molecule has 0 aliphatic rings. The number of aliphatic hydroxyl groups excluding tert-OH is 1. The molecule has 0 saturated carbocycles. The molecule has 1 atom stereocenters. The molecule has 1 amide bonds. The first-order valence-electron chi connectivity index (χ1n) is 13.3. The molecular formula is C26H56N2O6S. The van der Waals surface area contributed by atoms with Gasteiger partial charge in [0.1, 0.15) is 0 Å². The van der Waals surface area contributed by atoms with Crippen molar-refractivity contribution in [3.63, 3.8) is 0 Å². The van der Waals surface area contributed by atoms with Gasteiger partial charge < -0.3 is 19.9 Å². The number of primary amides is 1. The summed E-state index contributed by atoms with van der Waals surface area (Å²) in [5, 5.41) is 9.80. The lowest BCUT2D eigenvalue weighted by atomic mass is 10.1. The highest BCUT2D eigenvalue weighted by Gasteiger charge is 2.02. The first-order valence-corrected chi connectivity index (χ1v) is 14.6. The molecule has 0 heterocycles. The zero-order valence-electron chi connectivity index (χ0n) is 23.5. The summed E-state index contributed by atoms with van der Waals surface area (Å²) < 4.78 is 33.1. The summed E-state index contributed by atoms with van der Waals surface area (Å²) >= 11 is 0. The normalized spacial score (nSPS) is 12.5. The molecular weight excluding hydrogens is 468 g/mol. The van der Waals surface area contributed by atoms with E-state index in [4.69, 9.17) is 5.73 Å². The molecule has 0 aromatic heterocycles. The Hall–Kier alpha value is -1.00. The van der Waals surface area contributed by atoms with Gasteiger partial charge in [-0.25, -0.2) is 8.42 Å². The van der Waals surface area contributed by atoms with Crippen molar-refractivity contribution < 1.29 is 31.5 Å². The van der Waals surface area contributed by atoms with Gasteiger partial charge in [0.25, 0.3) is 0 Å². The van der Waals surface area contributed by atoms with E-state index in [1.807, 2.05) is 0 Å². The van der Waals surface area contributed by atoms with E-state index in [-0.39, 0.29) is 18.6 Å². The zero-order valence-corrected chi connectivity index (χ0v) is 24.3. The van der Waals surface area contributed by atoms with Gasteiger partial charge in [-0.2, -0.15) is 0 Å². The second kappa shape index (κ2) is 26.1. The Bertz CT molecular complexity index is 589. The monoisotopic (exact) mass is 524 g/mol. The predicted octanol–water partition coefficient (Wildman–Crippen LogP) is 5.07. The van der Waals surface area contributed by atoms with Crippen molar-refractivity contribution in [1.82, 2.24) is 0 Å². The second-order valence-corrected chi connectivity index (χ2v) is 10.9. The predicted molar refractivity (Wildman–Crippen MR) is 145 cm³/mol. The zero-order chi connectivity index (χ0) is 27.6. The highest BCUT2D eigenvalue weighted by molar-refractivity contribution is 7.80. The van der Waals surface area contributed by atoms with Crippen LogP contribution < -0.4 is 5.73 Å². The molecule has 0 rings (SSSR count). The van der Waals surface area contributed by atoms with E-state index in [0.717, 1.165) is 43.0 Å². The van der Waals surface area contributed by atoms with E-state index >= 15 is 0 Å². The molecule has 0 aliphatic carbocycles. The van der Waals surface area contributed by atoms with E-state index in [9.17, 15) is 22.9 Å². The van der Waals surface area contributed by atoms with Crippen LogP contribution in [0.3, 0.4) is 0 Å². The molecule has 0 aromatic rings. The van der Waals surface area contributed by atoms with Crippen molar-refractivity contribution in [1.29, 1.82) is 0 Å². The molecule has 0 aromatic carbocycles. The fourth-order valence-electron chi connectivity index (χ4n) is 3.20. The number of nitrogens with two attached hydrogens (primary N) is 1. The van der Waals surface area contributed by atoms with Crippen molar-refractivity contribution in [2.24, 2.45) is 5.73 Å². The van der Waals surface area contributed by atoms with Crippen LogP contribution in [0.15, 0.2) is 12.2 Å². The third-order valence-electron chi connectivity index (χ3n) is 4.92. The van der Waals surface area contributed by atoms with Gasteiger partial charge in [-0.15, -0.1) is 0 Å². The van der Waals surface area contributed by atoms with Crippen molar-refractivity contribution in [3.8, 4) is 0 Å². The lowest BCUT2D eigenvalue weighted by molar-refractivity contribution is -0.870. The number of carbonyl (C=O) groups is 1. The number of aliphatic hydroxyl groups is 1. The molecule has 0 radical (unpaired) electrons. The van der Waals surface area contributed by atoms with Gasteiger partial charge >= 0.3 is 0 Å². The largest absolute Gasteiger partial charge is 0.726 e. The van der Waals surface area contributed by atoms with E-state index in [2.05, 4.69) is 51.3 Å². The Morgan fingerprint density at radius 3 is 1.94 bits per heavy atom. The number of hydrogen-bond donors (Lipinski definition) is 2. The minimum Gasteiger partial charge on any atom is -0.726 e. The summed E-state index contributed by atoms with van der Waals surface area (Å²) in [5.41, 5.74) is 5.09. The number of allylic oxidation sites excluding steroid dienone is 1. The molecule has 9 heteroatoms. The number of unbranched alkanes of at least 4 members (excludes halogenated alkanes) is 8. The lowest BCUT2D eigenvalue weighted by Gasteiger charge is -2.22. The number of quaternary nitrogens is 1. The molecule has 212 valence electrons. The van der Waals surface area contributed by atoms with E-state index in [1.165, 1.54) is 58.4 Å². The molecule has 0 bridgehead atoms. The summed E-state index contributed by atoms with van der Waals surface area (Å²) in [6.45, 7) is 7.03. The Morgan fingerprint density at radius 1 is 0.943 bits per heavy atom. The third kappa shape index (κ3) is 46.9. The minimum atomic E-state index is -4.42. The van der Waals surface area contributed by atoms with E-state index in [1.54, 1.807) is 0 Å². The number of amides is 1. The Balaban J connectivity index is -0.000000594. The van der Waals surface area contributed by atoms with Crippen LogP contribution in [-0.4, -0.2) is 68.9 Å². The van der Waals surface area contributed by atoms with Crippen LogP contribution in [0, 0.1) is 0 Å². The smallest absolute Gasteiger partial charge is 0.217 e. The maximum absolute atomic E-state index is 10.6. The topological polar surface area (TPSA) is 130 Å². The van der Waals surface area contributed by atoms with Crippen molar-refractivity contribution >= 4 is 16.3 Å². The Morgan fingerprint density at radius 2 is 1.51 bits per heavy atom. The van der Waals surface area contributed by atoms with Crippen LogP contribution in [0.1, 0.15) is 111 Å². The van der Waals surface area contributed by atoms with Crippen LogP contribution in [0.5, 0.6) is 0 Å². The average molecular weight is 525 g/mol. The van der Waals surface area contributed by atoms with Gasteiger partial charge in [0.2, 0.25) is 16.3 Å². The lowest BCUT2D eigenvalue weighted by Crippen LogP contribution is -2.34. The number of rotatable bonds is 19. The third-order valence-corrected chi connectivity index (χ3v) is 5.44. The van der Waals surface area contributed by atoms with Crippen molar-refractivity contribution in [3.05, 3.63) is 12.2 Å². The first kappa shape index (κ1) is 38.5. The van der Waals surface area contributed by atoms with Gasteiger partial charge in [-0.1, -0.05) is 70.9 Å². The molecule has 0 fully saturated rings. The highest BCUT2D eigenvalue weighted by atomic mass is 32.3. The van der Waals surface area contributed by atoms with Gasteiger partial charge in [-0.05, 0) is 45.4 Å². The van der Waals surface area contributed by atoms with E-state index in [0.29, 0.717) is 6.42 Å². The average Bonchev–Trinajstić information content (AvgIpc) is 2.71. The van der Waals surface area contributed by atoms with Crippen LogP contribution >= 0.6 is 0 Å². The highest BCUT2D eigenvalue weighted by Crippen LogP contribution is 2.10. The number of nitrogens with zero attached hydrogens (tertiary/aromatic N) is 1. The number of carbonyl (C=O) groups excluding carboxylic acids is 1. The van der Waals surface area contributed by atoms with E-state index < -0.39 is 10.4 Å². The molecule has 0 aliphatic heterocycles. The van der Waals surface area contributed by atoms with Crippen LogP contribution in [0.2, 0.25) is 0 Å². The Labute approximate surface area is 216 Å². The van der Waals surface area contributed by atoms with Crippen LogP contribution in [0.25, 0.3) is 0 Å². The summed E-state index contributed by atoms with van der Waals surface area (Å²) in [6, 6.07) is 0. The molecule has 1 unspecified atom stereocenters. The Kier molecular flexibility index (Phi) is 28.7. The van der Waals surface area contributed by atoms with Gasteiger partial charge in [0, 0.05) is 6.42 Å². The fraction of sp³-hybridized carbons (Fsp3) is 0.885.